The SMILES string of the molecule is NC(=O)c1cc(Cc2cccc(NS(=O)(=O)NC(=O)O)c2F)c(F)c(F)c1Nc1ccc(I)cc1F. The standard InChI is InChI=1S/C21H15F4IN4O5S/c22-13-8-11(26)4-5-14(13)28-19-12(20(27)31)7-10(17(24)18(19)25)6-9-2-1-3-15(16(9)23)29-36(34,35)30-21(32)33/h1-5,7-8,28-30H,6H2,(H2,27,31)(H,32,33). The van der Waals surface area contributed by atoms with Crippen molar-refractivity contribution in [1.29, 1.82) is 0 Å². The van der Waals surface area contributed by atoms with E-state index in [0.717, 1.165) is 29.0 Å². The van der Waals surface area contributed by atoms with Crippen molar-refractivity contribution in [1.82, 2.24) is 4.72 Å². The number of nitrogens with two attached hydrogens (primary N) is 1. The minimum atomic E-state index is -4.69. The number of nitrogens with one attached hydrogen (secondary N) is 3. The van der Waals surface area contributed by atoms with Crippen LogP contribution in [0, 0.1) is 26.8 Å². The monoisotopic (exact) mass is 638 g/mol. The van der Waals surface area contributed by atoms with E-state index in [9.17, 15) is 35.6 Å². The van der Waals surface area contributed by atoms with Crippen molar-refractivity contribution in [3.05, 3.63) is 86.0 Å². The van der Waals surface area contributed by atoms with Crippen LogP contribution in [-0.4, -0.2) is 25.5 Å². The lowest BCUT2D eigenvalue weighted by molar-refractivity contribution is 0.100. The van der Waals surface area contributed by atoms with Crippen LogP contribution < -0.4 is 20.5 Å². The third kappa shape index (κ3) is 6.14. The summed E-state index contributed by atoms with van der Waals surface area (Å²) in [6.07, 6.45) is -2.58. The Morgan fingerprint density at radius 1 is 0.944 bits per heavy atom. The maximum Gasteiger partial charge on any atom is 0.419 e. The second-order valence-electron chi connectivity index (χ2n) is 7.17. The van der Waals surface area contributed by atoms with Crippen LogP contribution in [0.4, 0.5) is 39.4 Å². The molecule has 0 unspecified atom stereocenters. The Morgan fingerprint density at radius 3 is 2.25 bits per heavy atom. The first-order valence-electron chi connectivity index (χ1n) is 9.62. The summed E-state index contributed by atoms with van der Waals surface area (Å²) in [6, 6.07) is 7.97. The molecule has 0 spiro atoms. The molecule has 2 amide bonds. The number of hydrogen-bond acceptors (Lipinski definition) is 5. The van der Waals surface area contributed by atoms with E-state index in [-0.39, 0.29) is 11.3 Å². The lowest BCUT2D eigenvalue weighted by Gasteiger charge is -2.16. The Kier molecular flexibility index (Phi) is 7.92. The van der Waals surface area contributed by atoms with Crippen LogP contribution in [0.5, 0.6) is 0 Å². The van der Waals surface area contributed by atoms with Gasteiger partial charge in [-0.25, -0.2) is 27.1 Å². The normalized spacial score (nSPS) is 11.1. The van der Waals surface area contributed by atoms with E-state index >= 15 is 0 Å². The number of carboxylic acid groups (broad SMARTS) is 1. The fourth-order valence-electron chi connectivity index (χ4n) is 3.13. The fraction of sp³-hybridized carbons (Fsp3) is 0.0476. The molecule has 9 nitrogen and oxygen atoms in total. The van der Waals surface area contributed by atoms with Crippen LogP contribution in [-0.2, 0) is 16.6 Å². The molecule has 0 atom stereocenters. The molecule has 3 aromatic rings. The number of carbonyl (C=O) groups excluding carboxylic acids is 1. The Hall–Kier alpha value is -3.60. The number of carbonyl (C=O) groups is 2. The molecule has 0 aromatic heterocycles. The number of amides is 2. The molecule has 0 aliphatic rings. The summed E-state index contributed by atoms with van der Waals surface area (Å²) in [5.74, 6) is -6.28. The molecule has 3 aromatic carbocycles. The molecule has 0 heterocycles. The lowest BCUT2D eigenvalue weighted by Crippen LogP contribution is -2.34. The van der Waals surface area contributed by atoms with E-state index in [4.69, 9.17) is 10.8 Å². The largest absolute Gasteiger partial charge is 0.464 e. The van der Waals surface area contributed by atoms with Crippen molar-refractivity contribution in [2.75, 3.05) is 10.0 Å². The average Bonchev–Trinajstić information content (AvgIpc) is 2.76. The van der Waals surface area contributed by atoms with Crippen molar-refractivity contribution in [2.24, 2.45) is 5.73 Å². The predicted molar refractivity (Wildman–Crippen MR) is 130 cm³/mol. The van der Waals surface area contributed by atoms with E-state index in [1.165, 1.54) is 18.2 Å². The molecule has 0 saturated heterocycles. The number of benzene rings is 3. The molecule has 0 aliphatic carbocycles. The summed E-state index contributed by atoms with van der Waals surface area (Å²) in [7, 11) is -4.69. The van der Waals surface area contributed by atoms with Gasteiger partial charge in [-0.2, -0.15) is 8.42 Å². The summed E-state index contributed by atoms with van der Waals surface area (Å²) >= 11 is 1.84. The molecular weight excluding hydrogens is 623 g/mol. The summed E-state index contributed by atoms with van der Waals surface area (Å²) in [6.45, 7) is 0. The van der Waals surface area contributed by atoms with Gasteiger partial charge in [0.2, 0.25) is 0 Å². The van der Waals surface area contributed by atoms with Gasteiger partial charge in [-0.15, -0.1) is 0 Å². The Labute approximate surface area is 215 Å². The van der Waals surface area contributed by atoms with Crippen LogP contribution in [0.1, 0.15) is 21.5 Å². The van der Waals surface area contributed by atoms with E-state index < -0.39 is 74.4 Å². The second-order valence-corrected chi connectivity index (χ2v) is 9.83. The zero-order valence-corrected chi connectivity index (χ0v) is 20.7. The van der Waals surface area contributed by atoms with E-state index in [1.54, 1.807) is 4.72 Å². The fourth-order valence-corrected chi connectivity index (χ4v) is 4.32. The van der Waals surface area contributed by atoms with Gasteiger partial charge in [0.25, 0.3) is 5.91 Å². The second kappa shape index (κ2) is 10.6. The number of hydrogen-bond donors (Lipinski definition) is 5. The Bertz CT molecular complexity index is 1490. The van der Waals surface area contributed by atoms with Gasteiger partial charge in [0.1, 0.15) is 5.82 Å². The van der Waals surface area contributed by atoms with Crippen LogP contribution >= 0.6 is 22.6 Å². The average molecular weight is 638 g/mol. The van der Waals surface area contributed by atoms with Gasteiger partial charge in [0.05, 0.1) is 22.6 Å². The first-order chi connectivity index (χ1) is 16.8. The van der Waals surface area contributed by atoms with Gasteiger partial charge in [0.15, 0.2) is 17.5 Å². The highest BCUT2D eigenvalue weighted by Gasteiger charge is 2.24. The topological polar surface area (TPSA) is 151 Å². The van der Waals surface area contributed by atoms with Crippen molar-refractivity contribution in [3.63, 3.8) is 0 Å². The van der Waals surface area contributed by atoms with Gasteiger partial charge in [-0.05, 0) is 64.0 Å². The zero-order valence-electron chi connectivity index (χ0n) is 17.7. The zero-order chi connectivity index (χ0) is 26.8. The number of anilines is 3. The van der Waals surface area contributed by atoms with E-state index in [2.05, 4.69) is 5.32 Å². The first kappa shape index (κ1) is 27.0. The van der Waals surface area contributed by atoms with Crippen molar-refractivity contribution in [3.8, 4) is 0 Å². The molecule has 0 fully saturated rings. The highest BCUT2D eigenvalue weighted by Crippen LogP contribution is 2.32. The number of halogens is 5. The molecule has 0 saturated carbocycles. The number of primary amides is 1. The third-order valence-electron chi connectivity index (χ3n) is 4.66. The van der Waals surface area contributed by atoms with Gasteiger partial charge in [-0.1, -0.05) is 12.1 Å². The minimum Gasteiger partial charge on any atom is -0.464 e. The van der Waals surface area contributed by atoms with E-state index in [1.807, 2.05) is 22.6 Å². The van der Waals surface area contributed by atoms with Crippen LogP contribution in [0.15, 0.2) is 42.5 Å². The third-order valence-corrected chi connectivity index (χ3v) is 6.27. The van der Waals surface area contributed by atoms with Crippen molar-refractivity contribution < 1.29 is 40.7 Å². The van der Waals surface area contributed by atoms with Gasteiger partial charge < -0.3 is 16.2 Å². The molecule has 15 heteroatoms. The Morgan fingerprint density at radius 2 is 1.64 bits per heavy atom. The van der Waals surface area contributed by atoms with Crippen LogP contribution in [0.3, 0.4) is 0 Å². The van der Waals surface area contributed by atoms with Gasteiger partial charge in [0, 0.05) is 9.99 Å². The molecule has 3 rings (SSSR count). The molecule has 0 aliphatic heterocycles. The molecule has 190 valence electrons. The Balaban J connectivity index is 2.01. The summed E-state index contributed by atoms with van der Waals surface area (Å²) < 4.78 is 85.8. The predicted octanol–water partition coefficient (Wildman–Crippen LogP) is 4.21. The van der Waals surface area contributed by atoms with Crippen molar-refractivity contribution >= 4 is 61.9 Å². The molecular formula is C21H15F4IN4O5S. The van der Waals surface area contributed by atoms with Gasteiger partial charge >= 0.3 is 16.3 Å². The number of rotatable bonds is 8. The molecule has 0 bridgehead atoms. The molecule has 0 radical (unpaired) electrons. The van der Waals surface area contributed by atoms with Crippen LogP contribution in [0.2, 0.25) is 0 Å². The molecule has 6 N–H and O–H groups in total. The maximum absolute atomic E-state index is 15.0. The van der Waals surface area contributed by atoms with E-state index in [0.29, 0.717) is 3.57 Å². The summed E-state index contributed by atoms with van der Waals surface area (Å²) in [5, 5.41) is 10.9. The van der Waals surface area contributed by atoms with Gasteiger partial charge in [-0.3, -0.25) is 9.52 Å². The minimum absolute atomic E-state index is 0.259. The highest BCUT2D eigenvalue weighted by molar-refractivity contribution is 14.1. The smallest absolute Gasteiger partial charge is 0.419 e. The maximum atomic E-state index is 15.0. The van der Waals surface area contributed by atoms with Crippen molar-refractivity contribution in [2.45, 2.75) is 6.42 Å². The summed E-state index contributed by atoms with van der Waals surface area (Å²) in [5.41, 5.74) is 2.24. The first-order valence-corrected chi connectivity index (χ1v) is 12.2. The summed E-state index contributed by atoms with van der Waals surface area (Å²) in [4.78, 5) is 22.5. The highest BCUT2D eigenvalue weighted by atomic mass is 127. The lowest BCUT2D eigenvalue weighted by atomic mass is 9.99. The van der Waals surface area contributed by atoms with Crippen LogP contribution in [0.25, 0.3) is 0 Å². The quantitative estimate of drug-likeness (QED) is 0.184. The molecule has 36 heavy (non-hydrogen) atoms.